The molecule has 0 bridgehead atoms. The van der Waals surface area contributed by atoms with Crippen molar-refractivity contribution in [2.75, 3.05) is 5.75 Å². The van der Waals surface area contributed by atoms with Crippen LogP contribution in [0.5, 0.6) is 0 Å². The van der Waals surface area contributed by atoms with Gasteiger partial charge in [0.1, 0.15) is 0 Å². The van der Waals surface area contributed by atoms with Crippen LogP contribution in [-0.4, -0.2) is 20.1 Å². The zero-order valence-corrected chi connectivity index (χ0v) is 6.39. The van der Waals surface area contributed by atoms with Gasteiger partial charge in [0.05, 0.1) is 5.75 Å². The molecule has 1 amide bonds. The highest BCUT2D eigenvalue weighted by Crippen LogP contribution is 1.85. The third-order valence-electron chi connectivity index (χ3n) is 0.596. The predicted molar refractivity (Wildman–Crippen MR) is 36.8 cm³/mol. The molecule has 4 nitrogen and oxygen atoms in total. The van der Waals surface area contributed by atoms with E-state index >= 15 is 0 Å². The molecule has 1 radical (unpaired) electrons. The Balaban J connectivity index is 4.14. The molecule has 0 aromatic rings. The van der Waals surface area contributed by atoms with Crippen molar-refractivity contribution in [1.29, 1.82) is 0 Å². The Bertz CT molecular complexity index is 229. The Hall–Kier alpha value is -0.840. The van der Waals surface area contributed by atoms with Crippen molar-refractivity contribution in [2.24, 2.45) is 0 Å². The van der Waals surface area contributed by atoms with E-state index in [0.29, 0.717) is 0 Å². The number of sulfonamides is 1. The summed E-state index contributed by atoms with van der Waals surface area (Å²) < 4.78 is 24.0. The molecule has 0 unspecified atom stereocenters. The summed E-state index contributed by atoms with van der Waals surface area (Å²) in [6.07, 6.45) is 1.18. The van der Waals surface area contributed by atoms with E-state index in [1.54, 1.807) is 0 Å². The molecule has 0 rings (SSSR count). The highest BCUT2D eigenvalue weighted by Gasteiger charge is 2.10. The van der Waals surface area contributed by atoms with Gasteiger partial charge in [-0.1, -0.05) is 6.08 Å². The number of hydrogen-bond donors (Lipinski definition) is 0. The third-order valence-corrected chi connectivity index (χ3v) is 1.79. The lowest BCUT2D eigenvalue weighted by Gasteiger charge is -1.94. The molecule has 0 aromatic heterocycles. The summed E-state index contributed by atoms with van der Waals surface area (Å²) in [6, 6.07) is 0. The summed E-state index contributed by atoms with van der Waals surface area (Å²) >= 11 is 0. The zero-order valence-electron chi connectivity index (χ0n) is 5.57. The van der Waals surface area contributed by atoms with Gasteiger partial charge >= 0.3 is 0 Å². The molecular formula is C5H8NO3S. The van der Waals surface area contributed by atoms with Gasteiger partial charge in [-0.3, -0.25) is 4.79 Å². The van der Waals surface area contributed by atoms with Crippen LogP contribution < -0.4 is 4.72 Å². The van der Waals surface area contributed by atoms with Crippen LogP contribution in [0.25, 0.3) is 0 Å². The van der Waals surface area contributed by atoms with E-state index in [9.17, 15) is 13.2 Å². The molecule has 0 spiro atoms. The van der Waals surface area contributed by atoms with Gasteiger partial charge in [-0.25, -0.2) is 8.42 Å². The average molecular weight is 162 g/mol. The summed E-state index contributed by atoms with van der Waals surface area (Å²) in [6.45, 7) is 4.29. The molecule has 0 heterocycles. The highest BCUT2D eigenvalue weighted by atomic mass is 32.2. The average Bonchev–Trinajstić information content (AvgIpc) is 1.59. The third kappa shape index (κ3) is 4.08. The first-order valence-corrected chi connectivity index (χ1v) is 4.16. The molecule has 5 heteroatoms. The van der Waals surface area contributed by atoms with Crippen molar-refractivity contribution in [3.8, 4) is 0 Å². The van der Waals surface area contributed by atoms with Gasteiger partial charge in [-0.2, -0.15) is 0 Å². The van der Waals surface area contributed by atoms with E-state index in [-0.39, 0.29) is 5.75 Å². The second kappa shape index (κ2) is 3.36. The molecule has 0 N–H and O–H groups in total. The second-order valence-corrected chi connectivity index (χ2v) is 3.33. The van der Waals surface area contributed by atoms with Crippen molar-refractivity contribution < 1.29 is 13.2 Å². The first-order valence-electron chi connectivity index (χ1n) is 2.55. The van der Waals surface area contributed by atoms with Crippen LogP contribution in [0.3, 0.4) is 0 Å². The topological polar surface area (TPSA) is 65.3 Å². The lowest BCUT2D eigenvalue weighted by atomic mass is 10.8. The fourth-order valence-electron chi connectivity index (χ4n) is 0.382. The predicted octanol–water partition coefficient (Wildman–Crippen LogP) is -0.347. The minimum Gasteiger partial charge on any atom is -0.272 e. The van der Waals surface area contributed by atoms with Crippen LogP contribution >= 0.6 is 0 Å². The number of carbonyl (C=O) groups is 1. The van der Waals surface area contributed by atoms with Gasteiger partial charge in [0.15, 0.2) is 0 Å². The minimum atomic E-state index is -3.57. The van der Waals surface area contributed by atoms with Crippen LogP contribution in [-0.2, 0) is 14.8 Å². The number of nitrogens with zero attached hydrogens (tertiary/aromatic N) is 1. The van der Waals surface area contributed by atoms with Crippen molar-refractivity contribution >= 4 is 15.9 Å². The molecule has 0 atom stereocenters. The number of carbonyl (C=O) groups excluding carboxylic acids is 1. The summed E-state index contributed by atoms with van der Waals surface area (Å²) in [5.74, 6) is -0.992. The number of amides is 1. The highest BCUT2D eigenvalue weighted by molar-refractivity contribution is 7.90. The lowest BCUT2D eigenvalue weighted by Crippen LogP contribution is -2.22. The molecule has 0 aliphatic rings. The van der Waals surface area contributed by atoms with Gasteiger partial charge in [-0.15, -0.1) is 11.3 Å². The molecule has 0 aliphatic heterocycles. The molecule has 0 fully saturated rings. The van der Waals surface area contributed by atoms with E-state index in [1.807, 2.05) is 0 Å². The Morgan fingerprint density at radius 1 is 1.70 bits per heavy atom. The largest absolute Gasteiger partial charge is 0.272 e. The second-order valence-electron chi connectivity index (χ2n) is 1.65. The van der Waals surface area contributed by atoms with Crippen molar-refractivity contribution in [2.45, 2.75) is 6.92 Å². The monoisotopic (exact) mass is 162 g/mol. The maximum absolute atomic E-state index is 10.6. The number of rotatable bonds is 3. The van der Waals surface area contributed by atoms with Gasteiger partial charge in [0.2, 0.25) is 0 Å². The Morgan fingerprint density at radius 2 is 2.20 bits per heavy atom. The molecule has 0 aliphatic carbocycles. The Morgan fingerprint density at radius 3 is 2.50 bits per heavy atom. The first kappa shape index (κ1) is 9.16. The Labute approximate surface area is 60.0 Å². The van der Waals surface area contributed by atoms with E-state index in [1.165, 1.54) is 6.08 Å². The van der Waals surface area contributed by atoms with Crippen molar-refractivity contribution in [3.05, 3.63) is 12.7 Å². The molecular weight excluding hydrogens is 154 g/mol. The maximum Gasteiger partial charge on any atom is 0.259 e. The molecule has 0 aromatic carbocycles. The summed E-state index contributed by atoms with van der Waals surface area (Å²) in [7, 11) is -3.57. The number of hydrogen-bond acceptors (Lipinski definition) is 3. The standard InChI is InChI=1S/C5H8NO3S/c1-3-4-10(8,9)6-5(2)7/h3H,1,4H2,2H3. The summed E-state index contributed by atoms with van der Waals surface area (Å²) in [5, 5.41) is 0. The normalized spacial score (nSPS) is 10.5. The van der Waals surface area contributed by atoms with E-state index in [0.717, 1.165) is 6.92 Å². The molecule has 0 saturated carbocycles. The smallest absolute Gasteiger partial charge is 0.259 e. The lowest BCUT2D eigenvalue weighted by molar-refractivity contribution is -0.117. The quantitative estimate of drug-likeness (QED) is 0.533. The van der Waals surface area contributed by atoms with Crippen LogP contribution in [0.1, 0.15) is 6.92 Å². The van der Waals surface area contributed by atoms with Gasteiger partial charge in [0.25, 0.3) is 15.9 Å². The molecule has 57 valence electrons. The van der Waals surface area contributed by atoms with Crippen LogP contribution in [0.2, 0.25) is 0 Å². The summed E-state index contributed by atoms with van der Waals surface area (Å²) in [5.41, 5.74) is 0. The summed E-state index contributed by atoms with van der Waals surface area (Å²) in [4.78, 5) is 10.2. The fraction of sp³-hybridized carbons (Fsp3) is 0.400. The van der Waals surface area contributed by atoms with E-state index in [2.05, 4.69) is 11.3 Å². The van der Waals surface area contributed by atoms with Crippen LogP contribution in [0.4, 0.5) is 0 Å². The fourth-order valence-corrected chi connectivity index (χ4v) is 1.15. The minimum absolute atomic E-state index is 0.285. The van der Waals surface area contributed by atoms with Gasteiger partial charge in [-0.05, 0) is 0 Å². The van der Waals surface area contributed by atoms with Crippen molar-refractivity contribution in [1.82, 2.24) is 4.72 Å². The molecule has 0 saturated heterocycles. The molecule has 10 heavy (non-hydrogen) atoms. The van der Waals surface area contributed by atoms with Gasteiger partial charge < -0.3 is 0 Å². The zero-order chi connectivity index (χ0) is 8.20. The van der Waals surface area contributed by atoms with Crippen LogP contribution in [0, 0.1) is 0 Å². The van der Waals surface area contributed by atoms with Crippen LogP contribution in [0.15, 0.2) is 12.7 Å². The van der Waals surface area contributed by atoms with E-state index in [4.69, 9.17) is 0 Å². The van der Waals surface area contributed by atoms with Gasteiger partial charge in [0, 0.05) is 6.92 Å². The van der Waals surface area contributed by atoms with Crippen molar-refractivity contribution in [3.63, 3.8) is 0 Å². The SMILES string of the molecule is C=CCS(=O)(=O)[N]C(C)=O. The Kier molecular flexibility index (Phi) is 3.08. The van der Waals surface area contributed by atoms with E-state index < -0.39 is 15.9 Å². The maximum atomic E-state index is 10.6. The first-order chi connectivity index (χ1) is 4.48.